The van der Waals surface area contributed by atoms with E-state index in [4.69, 9.17) is 18.9 Å². The Bertz CT molecular complexity index is 772. The summed E-state index contributed by atoms with van der Waals surface area (Å²) >= 11 is 0. The largest absolute Gasteiger partial charge is 0.394 e. The average Bonchev–Trinajstić information content (AvgIpc) is 2.77. The molecule has 1 aliphatic heterocycles. The number of aliphatic hydroxyl groups excluding tert-OH is 1. The fourth-order valence-corrected chi connectivity index (χ4v) is 3.57. The fraction of sp³-hybridized carbons (Fsp3) is 0.435. The van der Waals surface area contributed by atoms with E-state index in [0.717, 1.165) is 11.1 Å². The van der Waals surface area contributed by atoms with E-state index < -0.39 is 30.6 Å². The Hall–Kier alpha value is -2.29. The Labute approximate surface area is 176 Å². The lowest BCUT2D eigenvalue weighted by molar-refractivity contribution is -0.282. The molecule has 7 nitrogen and oxygen atoms in total. The first kappa shape index (κ1) is 22.4. The Kier molecular flexibility index (Phi) is 8.36. The van der Waals surface area contributed by atoms with E-state index in [1.807, 2.05) is 60.7 Å². The average molecular weight is 415 g/mol. The summed E-state index contributed by atoms with van der Waals surface area (Å²) in [6, 6.07) is 18.9. The molecule has 0 unspecified atom stereocenters. The third-order valence-electron chi connectivity index (χ3n) is 5.00. The van der Waals surface area contributed by atoms with Crippen molar-refractivity contribution in [3.63, 3.8) is 0 Å². The summed E-state index contributed by atoms with van der Waals surface area (Å²) in [6.07, 6.45) is -2.64. The first-order valence-corrected chi connectivity index (χ1v) is 9.99. The number of hydrogen-bond donors (Lipinski definition) is 2. The van der Waals surface area contributed by atoms with Crippen LogP contribution in [0, 0.1) is 0 Å². The molecular formula is C23H29NO6. The van der Waals surface area contributed by atoms with Crippen LogP contribution >= 0.6 is 0 Å². The Balaban J connectivity index is 1.83. The van der Waals surface area contributed by atoms with Crippen molar-refractivity contribution in [2.24, 2.45) is 0 Å². The Morgan fingerprint density at radius 2 is 1.50 bits per heavy atom. The molecule has 30 heavy (non-hydrogen) atoms. The fourth-order valence-electron chi connectivity index (χ4n) is 3.57. The molecule has 0 bridgehead atoms. The molecular weight excluding hydrogens is 386 g/mol. The smallest absolute Gasteiger partial charge is 0.217 e. The second-order valence-corrected chi connectivity index (χ2v) is 7.21. The molecule has 1 heterocycles. The summed E-state index contributed by atoms with van der Waals surface area (Å²) in [4.78, 5) is 11.9. The number of amides is 1. The van der Waals surface area contributed by atoms with Gasteiger partial charge in [-0.25, -0.2) is 0 Å². The zero-order valence-electron chi connectivity index (χ0n) is 17.3. The maximum atomic E-state index is 11.9. The first-order chi connectivity index (χ1) is 14.6. The number of carbonyl (C=O) groups is 1. The zero-order chi connectivity index (χ0) is 21.3. The van der Waals surface area contributed by atoms with Gasteiger partial charge < -0.3 is 29.4 Å². The zero-order valence-corrected chi connectivity index (χ0v) is 17.3. The predicted molar refractivity (Wildman–Crippen MR) is 110 cm³/mol. The van der Waals surface area contributed by atoms with E-state index >= 15 is 0 Å². The third kappa shape index (κ3) is 5.87. The Morgan fingerprint density at radius 3 is 1.97 bits per heavy atom. The highest BCUT2D eigenvalue weighted by Crippen LogP contribution is 2.28. The molecule has 2 aromatic rings. The van der Waals surface area contributed by atoms with E-state index in [-0.39, 0.29) is 12.5 Å². The molecule has 5 atom stereocenters. The van der Waals surface area contributed by atoms with Crippen molar-refractivity contribution < 1.29 is 28.8 Å². The molecule has 1 fully saturated rings. The monoisotopic (exact) mass is 415 g/mol. The van der Waals surface area contributed by atoms with Gasteiger partial charge in [0.25, 0.3) is 0 Å². The molecule has 2 aromatic carbocycles. The van der Waals surface area contributed by atoms with E-state index in [9.17, 15) is 9.90 Å². The normalized spacial score (nSPS) is 26.3. The standard InChI is InChI=1S/C23H29NO6/c1-16(26)24-20-22(29-15-18-11-7-4-8-12-18)21(19(13-25)30-23(20)27-2)28-14-17-9-5-3-6-10-17/h3-12,19-23,25H,13-15H2,1-2H3,(H,24,26)/t19-,20-,21-,22-,23+/m1/s1. The van der Waals surface area contributed by atoms with Gasteiger partial charge in [-0.2, -0.15) is 0 Å². The van der Waals surface area contributed by atoms with Crippen molar-refractivity contribution in [1.29, 1.82) is 0 Å². The highest BCUT2D eigenvalue weighted by atomic mass is 16.7. The van der Waals surface area contributed by atoms with Crippen LogP contribution in [-0.4, -0.2) is 55.4 Å². The van der Waals surface area contributed by atoms with Crippen LogP contribution in [0.15, 0.2) is 60.7 Å². The van der Waals surface area contributed by atoms with Crippen LogP contribution in [0.2, 0.25) is 0 Å². The topological polar surface area (TPSA) is 86.2 Å². The van der Waals surface area contributed by atoms with Gasteiger partial charge in [0.05, 0.1) is 19.8 Å². The van der Waals surface area contributed by atoms with Crippen LogP contribution in [0.25, 0.3) is 0 Å². The van der Waals surface area contributed by atoms with Gasteiger partial charge in [-0.1, -0.05) is 60.7 Å². The number of benzene rings is 2. The van der Waals surface area contributed by atoms with Gasteiger partial charge in [0.1, 0.15) is 24.4 Å². The molecule has 1 saturated heterocycles. The molecule has 0 radical (unpaired) electrons. The number of methoxy groups -OCH3 is 1. The molecule has 0 saturated carbocycles. The molecule has 0 aromatic heterocycles. The number of nitrogens with one attached hydrogen (secondary N) is 1. The number of carbonyl (C=O) groups excluding carboxylic acids is 1. The van der Waals surface area contributed by atoms with Crippen LogP contribution in [0.1, 0.15) is 18.1 Å². The van der Waals surface area contributed by atoms with Gasteiger partial charge in [-0.15, -0.1) is 0 Å². The highest BCUT2D eigenvalue weighted by molar-refractivity contribution is 5.73. The van der Waals surface area contributed by atoms with Gasteiger partial charge >= 0.3 is 0 Å². The highest BCUT2D eigenvalue weighted by Gasteiger charge is 2.48. The molecule has 0 aliphatic carbocycles. The summed E-state index contributed by atoms with van der Waals surface area (Å²) in [5, 5.41) is 12.8. The van der Waals surface area contributed by atoms with Gasteiger partial charge in [0.15, 0.2) is 6.29 Å². The third-order valence-corrected chi connectivity index (χ3v) is 5.00. The van der Waals surface area contributed by atoms with Crippen molar-refractivity contribution in [3.8, 4) is 0 Å². The van der Waals surface area contributed by atoms with E-state index in [2.05, 4.69) is 5.32 Å². The summed E-state index contributed by atoms with van der Waals surface area (Å²) in [7, 11) is 1.49. The van der Waals surface area contributed by atoms with Gasteiger partial charge in [-0.05, 0) is 11.1 Å². The molecule has 162 valence electrons. The number of hydrogen-bond acceptors (Lipinski definition) is 6. The lowest BCUT2D eigenvalue weighted by Gasteiger charge is -2.45. The second-order valence-electron chi connectivity index (χ2n) is 7.21. The van der Waals surface area contributed by atoms with E-state index in [0.29, 0.717) is 13.2 Å². The van der Waals surface area contributed by atoms with E-state index in [1.165, 1.54) is 14.0 Å². The SMILES string of the molecule is CO[C@H]1O[C@H](CO)[C@@H](OCc2ccccc2)[C@H](OCc2ccccc2)[C@H]1NC(C)=O. The molecule has 1 aliphatic rings. The molecule has 2 N–H and O–H groups in total. The minimum absolute atomic E-state index is 0.233. The van der Waals surface area contributed by atoms with Crippen molar-refractivity contribution in [2.45, 2.75) is 50.8 Å². The van der Waals surface area contributed by atoms with Crippen LogP contribution < -0.4 is 5.32 Å². The quantitative estimate of drug-likeness (QED) is 0.652. The maximum absolute atomic E-state index is 11.9. The number of rotatable bonds is 9. The van der Waals surface area contributed by atoms with Gasteiger partial charge in [0.2, 0.25) is 5.91 Å². The van der Waals surface area contributed by atoms with Crippen LogP contribution in [-0.2, 0) is 37.0 Å². The van der Waals surface area contributed by atoms with Crippen LogP contribution in [0.4, 0.5) is 0 Å². The summed E-state index contributed by atoms with van der Waals surface area (Å²) < 4.78 is 23.7. The Morgan fingerprint density at radius 1 is 0.967 bits per heavy atom. The minimum atomic E-state index is -0.775. The lowest BCUT2D eigenvalue weighted by Crippen LogP contribution is -2.65. The lowest BCUT2D eigenvalue weighted by atomic mass is 9.96. The molecule has 0 spiro atoms. The predicted octanol–water partition coefficient (Wildman–Crippen LogP) is 2.03. The van der Waals surface area contributed by atoms with Crippen molar-refractivity contribution >= 4 is 5.91 Å². The molecule has 3 rings (SSSR count). The van der Waals surface area contributed by atoms with Crippen LogP contribution in [0.5, 0.6) is 0 Å². The van der Waals surface area contributed by atoms with Gasteiger partial charge in [-0.3, -0.25) is 4.79 Å². The van der Waals surface area contributed by atoms with Crippen LogP contribution in [0.3, 0.4) is 0 Å². The van der Waals surface area contributed by atoms with E-state index in [1.54, 1.807) is 0 Å². The minimum Gasteiger partial charge on any atom is -0.394 e. The second kappa shape index (κ2) is 11.2. The first-order valence-electron chi connectivity index (χ1n) is 9.99. The van der Waals surface area contributed by atoms with Crippen molar-refractivity contribution in [2.75, 3.05) is 13.7 Å². The maximum Gasteiger partial charge on any atom is 0.217 e. The van der Waals surface area contributed by atoms with Crippen molar-refractivity contribution in [3.05, 3.63) is 71.8 Å². The molecule has 1 amide bonds. The summed E-state index contributed by atoms with van der Waals surface area (Å²) in [5.41, 5.74) is 1.97. The van der Waals surface area contributed by atoms with Gasteiger partial charge in [0, 0.05) is 14.0 Å². The summed E-state index contributed by atoms with van der Waals surface area (Å²) in [6.45, 7) is 1.80. The van der Waals surface area contributed by atoms with Crippen molar-refractivity contribution in [1.82, 2.24) is 5.32 Å². The number of aliphatic hydroxyl groups is 1. The number of ether oxygens (including phenoxy) is 4. The summed E-state index contributed by atoms with van der Waals surface area (Å²) in [5.74, 6) is -0.233. The molecule has 7 heteroatoms.